The molecule has 9 heteroatoms. The number of hydrogen-bond donors (Lipinski definition) is 1. The van der Waals surface area contributed by atoms with Crippen LogP contribution in [0.15, 0.2) is 36.4 Å². The first-order valence-corrected chi connectivity index (χ1v) is 12.0. The second-order valence-electron chi connectivity index (χ2n) is 9.30. The molecule has 0 bridgehead atoms. The molecule has 2 aromatic rings. The quantitative estimate of drug-likeness (QED) is 0.652. The van der Waals surface area contributed by atoms with Crippen LogP contribution in [0.3, 0.4) is 0 Å². The van der Waals surface area contributed by atoms with E-state index < -0.39 is 5.82 Å². The Morgan fingerprint density at radius 2 is 1.51 bits per heavy atom. The Bertz CT molecular complexity index is 1080. The van der Waals surface area contributed by atoms with E-state index in [1.165, 1.54) is 19.1 Å². The minimum atomic E-state index is -0.443. The van der Waals surface area contributed by atoms with Crippen molar-refractivity contribution in [1.82, 2.24) is 10.2 Å². The Labute approximate surface area is 204 Å². The van der Waals surface area contributed by atoms with Gasteiger partial charge in [0.2, 0.25) is 0 Å². The number of ether oxygens (including phenoxy) is 1. The number of nitrogens with one attached hydrogen (secondary N) is 1. The van der Waals surface area contributed by atoms with Gasteiger partial charge in [0.1, 0.15) is 11.6 Å². The highest BCUT2D eigenvalue weighted by Crippen LogP contribution is 2.25. The van der Waals surface area contributed by atoms with Crippen LogP contribution < -0.4 is 15.1 Å². The molecular weight excluding hydrogens is 454 g/mol. The van der Waals surface area contributed by atoms with E-state index in [0.29, 0.717) is 61.8 Å². The number of rotatable bonds is 5. The Balaban J connectivity index is 1.29. The summed E-state index contributed by atoms with van der Waals surface area (Å²) in [7, 11) is 0. The van der Waals surface area contributed by atoms with Crippen molar-refractivity contribution < 1.29 is 23.1 Å². The van der Waals surface area contributed by atoms with E-state index in [1.54, 1.807) is 23.1 Å². The lowest BCUT2D eigenvalue weighted by Crippen LogP contribution is -2.51. The highest BCUT2D eigenvalue weighted by Gasteiger charge is 2.25. The van der Waals surface area contributed by atoms with E-state index >= 15 is 0 Å². The summed E-state index contributed by atoms with van der Waals surface area (Å²) in [6.45, 7) is 8.65. The van der Waals surface area contributed by atoms with Crippen LogP contribution in [0.1, 0.15) is 36.7 Å². The predicted octanol–water partition coefficient (Wildman–Crippen LogP) is 3.81. The maximum absolute atomic E-state index is 14.8. The second kappa shape index (κ2) is 10.6. The number of carbonyl (C=O) groups is 2. The number of halogens is 2. The molecular formula is C26H32F2N4O3. The topological polar surface area (TPSA) is 65.1 Å². The SMILES string of the molecule is CC(=O)c1ccc(N2CCN(C(=O)NCc3ccc(N4CC(C)OC(C)C4)c(F)c3)CC2)c(F)c1. The Morgan fingerprint density at radius 3 is 2.11 bits per heavy atom. The van der Waals surface area contributed by atoms with Crippen LogP contribution >= 0.6 is 0 Å². The molecule has 0 aromatic heterocycles. The molecule has 7 nitrogen and oxygen atoms in total. The van der Waals surface area contributed by atoms with Crippen LogP contribution in [0, 0.1) is 11.6 Å². The summed E-state index contributed by atoms with van der Waals surface area (Å²) in [4.78, 5) is 29.6. The number of morpholine rings is 1. The van der Waals surface area contributed by atoms with Gasteiger partial charge >= 0.3 is 6.03 Å². The molecule has 0 radical (unpaired) electrons. The van der Waals surface area contributed by atoms with Crippen molar-refractivity contribution in [2.24, 2.45) is 0 Å². The van der Waals surface area contributed by atoms with Crippen LogP contribution in [0.5, 0.6) is 0 Å². The number of amides is 2. The van der Waals surface area contributed by atoms with Gasteiger partial charge in [0, 0.05) is 51.4 Å². The zero-order chi connectivity index (χ0) is 25.1. The molecule has 188 valence electrons. The maximum Gasteiger partial charge on any atom is 0.317 e. The van der Waals surface area contributed by atoms with Gasteiger partial charge in [-0.1, -0.05) is 6.07 Å². The van der Waals surface area contributed by atoms with E-state index in [4.69, 9.17) is 4.74 Å². The summed E-state index contributed by atoms with van der Waals surface area (Å²) in [5, 5.41) is 2.85. The molecule has 0 aliphatic carbocycles. The molecule has 2 heterocycles. The summed E-state index contributed by atoms with van der Waals surface area (Å²) < 4.78 is 35.0. The molecule has 2 unspecified atom stereocenters. The number of anilines is 2. The number of benzene rings is 2. The van der Waals surface area contributed by atoms with Crippen LogP contribution in [0.25, 0.3) is 0 Å². The van der Waals surface area contributed by atoms with Crippen molar-refractivity contribution in [2.75, 3.05) is 49.1 Å². The highest BCUT2D eigenvalue weighted by atomic mass is 19.1. The average Bonchev–Trinajstić information content (AvgIpc) is 2.82. The van der Waals surface area contributed by atoms with Crippen molar-refractivity contribution >= 4 is 23.2 Å². The largest absolute Gasteiger partial charge is 0.372 e. The first kappa shape index (κ1) is 24.9. The third-order valence-electron chi connectivity index (χ3n) is 6.48. The monoisotopic (exact) mass is 486 g/mol. The van der Waals surface area contributed by atoms with Crippen LogP contribution in [0.4, 0.5) is 25.0 Å². The Morgan fingerprint density at radius 1 is 0.914 bits per heavy atom. The lowest BCUT2D eigenvalue weighted by atomic mass is 10.1. The van der Waals surface area contributed by atoms with E-state index in [2.05, 4.69) is 5.32 Å². The van der Waals surface area contributed by atoms with Crippen LogP contribution in [-0.4, -0.2) is 68.2 Å². The van der Waals surface area contributed by atoms with E-state index in [1.807, 2.05) is 29.7 Å². The maximum atomic E-state index is 14.8. The van der Waals surface area contributed by atoms with Crippen molar-refractivity contribution in [3.63, 3.8) is 0 Å². The molecule has 2 atom stereocenters. The van der Waals surface area contributed by atoms with E-state index in [0.717, 1.165) is 0 Å². The summed E-state index contributed by atoms with van der Waals surface area (Å²) in [5.41, 5.74) is 1.99. The van der Waals surface area contributed by atoms with Gasteiger partial charge < -0.3 is 24.8 Å². The normalized spacial score (nSPS) is 20.7. The molecule has 2 amide bonds. The molecule has 4 rings (SSSR count). The standard InChI is InChI=1S/C26H32F2N4O3/c1-17-15-32(16-18(2)35-17)25-6-4-20(12-22(25)27)14-29-26(34)31-10-8-30(9-11-31)24-7-5-21(19(3)33)13-23(24)28/h4-7,12-13,17-18H,8-11,14-16H2,1-3H3,(H,29,34). The van der Waals surface area contributed by atoms with Gasteiger partial charge in [-0.2, -0.15) is 0 Å². The zero-order valence-corrected chi connectivity index (χ0v) is 20.4. The van der Waals surface area contributed by atoms with Crippen molar-refractivity contribution in [2.45, 2.75) is 39.5 Å². The molecule has 2 aliphatic heterocycles. The smallest absolute Gasteiger partial charge is 0.317 e. The fourth-order valence-corrected chi connectivity index (χ4v) is 4.71. The minimum absolute atomic E-state index is 0.0361. The van der Waals surface area contributed by atoms with Gasteiger partial charge in [-0.15, -0.1) is 0 Å². The molecule has 1 N–H and O–H groups in total. The average molecular weight is 487 g/mol. The molecule has 35 heavy (non-hydrogen) atoms. The number of Topliss-reactive ketones (excluding diaryl/α,β-unsaturated/α-hetero) is 1. The molecule has 2 aliphatic rings. The first-order valence-electron chi connectivity index (χ1n) is 12.0. The van der Waals surface area contributed by atoms with Gasteiger partial charge in [0.05, 0.1) is 23.6 Å². The van der Waals surface area contributed by atoms with Crippen LogP contribution in [-0.2, 0) is 11.3 Å². The van der Waals surface area contributed by atoms with E-state index in [-0.39, 0.29) is 36.4 Å². The number of carbonyl (C=O) groups excluding carboxylic acids is 2. The van der Waals surface area contributed by atoms with Gasteiger partial charge in [-0.25, -0.2) is 13.6 Å². The number of nitrogens with zero attached hydrogens (tertiary/aromatic N) is 3. The number of urea groups is 1. The molecule has 0 saturated carbocycles. The van der Waals surface area contributed by atoms with Crippen LogP contribution in [0.2, 0.25) is 0 Å². The number of hydrogen-bond acceptors (Lipinski definition) is 5. The summed E-state index contributed by atoms with van der Waals surface area (Å²) in [6.07, 6.45) is 0.0722. The summed E-state index contributed by atoms with van der Waals surface area (Å²) >= 11 is 0. The molecule has 0 spiro atoms. The summed E-state index contributed by atoms with van der Waals surface area (Å²) in [5.74, 6) is -0.941. The third-order valence-corrected chi connectivity index (χ3v) is 6.48. The third kappa shape index (κ3) is 5.90. The fourth-order valence-electron chi connectivity index (χ4n) is 4.71. The number of ketones is 1. The molecule has 2 aromatic carbocycles. The highest BCUT2D eigenvalue weighted by molar-refractivity contribution is 5.94. The molecule has 2 saturated heterocycles. The predicted molar refractivity (Wildman–Crippen MR) is 131 cm³/mol. The van der Waals surface area contributed by atoms with Gasteiger partial charge in [-0.05, 0) is 56.7 Å². The summed E-state index contributed by atoms with van der Waals surface area (Å²) in [6, 6.07) is 9.29. The van der Waals surface area contributed by atoms with Crippen molar-refractivity contribution in [1.29, 1.82) is 0 Å². The van der Waals surface area contributed by atoms with Gasteiger partial charge in [0.15, 0.2) is 5.78 Å². The fraction of sp³-hybridized carbons (Fsp3) is 0.462. The van der Waals surface area contributed by atoms with E-state index in [9.17, 15) is 18.4 Å². The van der Waals surface area contributed by atoms with Crippen molar-refractivity contribution in [3.05, 3.63) is 59.2 Å². The van der Waals surface area contributed by atoms with Crippen molar-refractivity contribution in [3.8, 4) is 0 Å². The zero-order valence-electron chi connectivity index (χ0n) is 20.4. The first-order chi connectivity index (χ1) is 16.7. The molecule has 2 fully saturated rings. The minimum Gasteiger partial charge on any atom is -0.372 e. The Hall–Kier alpha value is -3.20. The van der Waals surface area contributed by atoms with Gasteiger partial charge in [0.25, 0.3) is 0 Å². The van der Waals surface area contributed by atoms with Gasteiger partial charge in [-0.3, -0.25) is 4.79 Å². The number of piperazine rings is 1. The lowest BCUT2D eigenvalue weighted by Gasteiger charge is -2.37. The lowest BCUT2D eigenvalue weighted by molar-refractivity contribution is -0.00539. The Kier molecular flexibility index (Phi) is 7.54. The second-order valence-corrected chi connectivity index (χ2v) is 9.30.